The minimum absolute atomic E-state index is 1.07. The molecular formula is C22H20Br2. The Morgan fingerprint density at radius 3 is 1.21 bits per heavy atom. The number of halogens is 2. The summed E-state index contributed by atoms with van der Waals surface area (Å²) >= 11 is 7.52. The van der Waals surface area contributed by atoms with E-state index in [1.165, 1.54) is 33.4 Å². The SMILES string of the molecule is CCc1ccc(-c2cc(Br)c(-c3ccc(CC)cc3)cc2Br)cc1. The third-order valence-corrected chi connectivity index (χ3v) is 5.72. The van der Waals surface area contributed by atoms with Crippen LogP contribution in [-0.2, 0) is 12.8 Å². The Morgan fingerprint density at radius 1 is 0.583 bits per heavy atom. The Hall–Kier alpha value is -1.38. The van der Waals surface area contributed by atoms with Crippen LogP contribution in [0.3, 0.4) is 0 Å². The lowest BCUT2D eigenvalue weighted by molar-refractivity contribution is 1.14. The van der Waals surface area contributed by atoms with Crippen LogP contribution >= 0.6 is 31.9 Å². The van der Waals surface area contributed by atoms with Gasteiger partial charge in [0.25, 0.3) is 0 Å². The topological polar surface area (TPSA) is 0 Å². The van der Waals surface area contributed by atoms with Gasteiger partial charge in [-0.1, -0.05) is 94.2 Å². The van der Waals surface area contributed by atoms with Gasteiger partial charge in [0, 0.05) is 8.95 Å². The molecule has 3 aromatic carbocycles. The predicted molar refractivity (Wildman–Crippen MR) is 111 cm³/mol. The zero-order chi connectivity index (χ0) is 17.1. The van der Waals surface area contributed by atoms with E-state index in [1.807, 2.05) is 0 Å². The van der Waals surface area contributed by atoms with Crippen molar-refractivity contribution in [2.24, 2.45) is 0 Å². The highest BCUT2D eigenvalue weighted by molar-refractivity contribution is 9.11. The molecule has 0 aliphatic heterocycles. The maximum absolute atomic E-state index is 3.76. The average Bonchev–Trinajstić information content (AvgIpc) is 2.63. The van der Waals surface area contributed by atoms with E-state index in [2.05, 4.69) is 106 Å². The first-order valence-corrected chi connectivity index (χ1v) is 9.88. The number of benzene rings is 3. The molecule has 0 atom stereocenters. The standard InChI is InChI=1S/C22H20Br2/c1-3-15-5-9-17(10-6-15)19-13-22(24)20(14-21(19)23)18-11-7-16(4-2)8-12-18/h5-14H,3-4H2,1-2H3. The maximum Gasteiger partial charge on any atom is 0.0260 e. The van der Waals surface area contributed by atoms with Crippen molar-refractivity contribution in [3.05, 3.63) is 80.7 Å². The van der Waals surface area contributed by atoms with Crippen LogP contribution in [0.25, 0.3) is 22.3 Å². The fourth-order valence-corrected chi connectivity index (χ4v) is 3.97. The summed E-state index contributed by atoms with van der Waals surface area (Å²) < 4.78 is 2.23. The summed E-state index contributed by atoms with van der Waals surface area (Å²) in [5.74, 6) is 0. The summed E-state index contributed by atoms with van der Waals surface area (Å²) in [5, 5.41) is 0. The van der Waals surface area contributed by atoms with Crippen LogP contribution in [0.2, 0.25) is 0 Å². The molecule has 0 aliphatic carbocycles. The molecule has 2 heteroatoms. The number of aryl methyl sites for hydroxylation is 2. The third kappa shape index (κ3) is 3.65. The summed E-state index contributed by atoms with van der Waals surface area (Å²) in [6.45, 7) is 4.36. The Bertz CT molecular complexity index is 758. The van der Waals surface area contributed by atoms with Gasteiger partial charge in [-0.25, -0.2) is 0 Å². The van der Waals surface area contributed by atoms with Gasteiger partial charge in [-0.3, -0.25) is 0 Å². The lowest BCUT2D eigenvalue weighted by Crippen LogP contribution is -1.87. The molecule has 0 aromatic heterocycles. The van der Waals surface area contributed by atoms with Crippen molar-refractivity contribution in [3.8, 4) is 22.3 Å². The van der Waals surface area contributed by atoms with E-state index in [0.717, 1.165) is 21.8 Å². The van der Waals surface area contributed by atoms with Gasteiger partial charge in [-0.2, -0.15) is 0 Å². The Morgan fingerprint density at radius 2 is 0.917 bits per heavy atom. The molecule has 0 spiro atoms. The normalized spacial score (nSPS) is 10.8. The highest BCUT2D eigenvalue weighted by Gasteiger charge is 2.10. The number of hydrogen-bond donors (Lipinski definition) is 0. The Labute approximate surface area is 161 Å². The molecule has 3 aromatic rings. The zero-order valence-corrected chi connectivity index (χ0v) is 17.1. The Kier molecular flexibility index (Phi) is 5.57. The van der Waals surface area contributed by atoms with Crippen LogP contribution in [0.15, 0.2) is 69.6 Å². The fourth-order valence-electron chi connectivity index (χ4n) is 2.83. The van der Waals surface area contributed by atoms with E-state index in [-0.39, 0.29) is 0 Å². The highest BCUT2D eigenvalue weighted by Crippen LogP contribution is 2.38. The van der Waals surface area contributed by atoms with Crippen molar-refractivity contribution in [3.63, 3.8) is 0 Å². The molecule has 0 bridgehead atoms. The van der Waals surface area contributed by atoms with Gasteiger partial charge in [-0.05, 0) is 58.4 Å². The van der Waals surface area contributed by atoms with E-state index in [4.69, 9.17) is 0 Å². The largest absolute Gasteiger partial charge is 0.0613 e. The predicted octanol–water partition coefficient (Wildman–Crippen LogP) is 7.67. The molecule has 3 rings (SSSR count). The summed E-state index contributed by atoms with van der Waals surface area (Å²) in [6.07, 6.45) is 2.13. The molecule has 0 aliphatic rings. The van der Waals surface area contributed by atoms with E-state index in [1.54, 1.807) is 0 Å². The molecule has 0 saturated carbocycles. The van der Waals surface area contributed by atoms with Crippen molar-refractivity contribution in [1.29, 1.82) is 0 Å². The van der Waals surface area contributed by atoms with Crippen molar-refractivity contribution >= 4 is 31.9 Å². The van der Waals surface area contributed by atoms with Crippen LogP contribution in [0.1, 0.15) is 25.0 Å². The minimum Gasteiger partial charge on any atom is -0.0613 e. The van der Waals surface area contributed by atoms with E-state index in [0.29, 0.717) is 0 Å². The van der Waals surface area contributed by atoms with Crippen LogP contribution in [0.5, 0.6) is 0 Å². The van der Waals surface area contributed by atoms with Gasteiger partial charge >= 0.3 is 0 Å². The van der Waals surface area contributed by atoms with Crippen molar-refractivity contribution < 1.29 is 0 Å². The summed E-state index contributed by atoms with van der Waals surface area (Å²) in [6, 6.07) is 22.0. The van der Waals surface area contributed by atoms with Crippen LogP contribution in [0.4, 0.5) is 0 Å². The number of rotatable bonds is 4. The van der Waals surface area contributed by atoms with Crippen molar-refractivity contribution in [2.45, 2.75) is 26.7 Å². The quantitative estimate of drug-likeness (QED) is 0.388. The Balaban J connectivity index is 2.01. The van der Waals surface area contributed by atoms with Gasteiger partial charge in [-0.15, -0.1) is 0 Å². The van der Waals surface area contributed by atoms with E-state index < -0.39 is 0 Å². The molecule has 122 valence electrons. The molecule has 0 saturated heterocycles. The molecule has 0 fully saturated rings. The minimum atomic E-state index is 1.07. The van der Waals surface area contributed by atoms with Gasteiger partial charge < -0.3 is 0 Å². The van der Waals surface area contributed by atoms with Gasteiger partial charge in [0.2, 0.25) is 0 Å². The average molecular weight is 444 g/mol. The van der Waals surface area contributed by atoms with Crippen LogP contribution in [0, 0.1) is 0 Å². The lowest BCUT2D eigenvalue weighted by Gasteiger charge is -2.12. The molecule has 0 heterocycles. The first kappa shape index (κ1) is 17.4. The molecule has 0 unspecified atom stereocenters. The zero-order valence-electron chi connectivity index (χ0n) is 13.9. The second-order valence-electron chi connectivity index (χ2n) is 5.91. The molecule has 0 radical (unpaired) electrons. The van der Waals surface area contributed by atoms with E-state index >= 15 is 0 Å². The molecule has 24 heavy (non-hydrogen) atoms. The molecular weight excluding hydrogens is 424 g/mol. The first-order valence-electron chi connectivity index (χ1n) is 8.30. The third-order valence-electron chi connectivity index (χ3n) is 4.40. The summed E-state index contributed by atoms with van der Waals surface area (Å²) in [4.78, 5) is 0. The van der Waals surface area contributed by atoms with Gasteiger partial charge in [0.05, 0.1) is 0 Å². The van der Waals surface area contributed by atoms with Crippen molar-refractivity contribution in [2.75, 3.05) is 0 Å². The number of hydrogen-bond acceptors (Lipinski definition) is 0. The summed E-state index contributed by atoms with van der Waals surface area (Å²) in [5.41, 5.74) is 7.60. The monoisotopic (exact) mass is 442 g/mol. The second kappa shape index (κ2) is 7.67. The molecule has 0 amide bonds. The fraction of sp³-hybridized carbons (Fsp3) is 0.182. The first-order chi connectivity index (χ1) is 11.6. The second-order valence-corrected chi connectivity index (χ2v) is 7.62. The molecule has 0 N–H and O–H groups in total. The maximum atomic E-state index is 3.76. The smallest absolute Gasteiger partial charge is 0.0260 e. The molecule has 0 nitrogen and oxygen atoms in total. The van der Waals surface area contributed by atoms with Gasteiger partial charge in [0.15, 0.2) is 0 Å². The summed E-state index contributed by atoms with van der Waals surface area (Å²) in [7, 11) is 0. The highest BCUT2D eigenvalue weighted by atomic mass is 79.9. The van der Waals surface area contributed by atoms with Gasteiger partial charge in [0.1, 0.15) is 0 Å². The lowest BCUT2D eigenvalue weighted by atomic mass is 9.98. The van der Waals surface area contributed by atoms with E-state index in [9.17, 15) is 0 Å². The van der Waals surface area contributed by atoms with Crippen LogP contribution in [-0.4, -0.2) is 0 Å². The van der Waals surface area contributed by atoms with Crippen LogP contribution < -0.4 is 0 Å². The van der Waals surface area contributed by atoms with Crippen molar-refractivity contribution in [1.82, 2.24) is 0 Å².